The first-order chi connectivity index (χ1) is 14.5. The lowest BCUT2D eigenvalue weighted by molar-refractivity contribution is -0.113. The van der Waals surface area contributed by atoms with E-state index in [4.69, 9.17) is 27.6 Å². The zero-order valence-corrected chi connectivity index (χ0v) is 17.7. The second-order valence-electron chi connectivity index (χ2n) is 6.28. The van der Waals surface area contributed by atoms with E-state index in [1.165, 1.54) is 17.8 Å². The Morgan fingerprint density at radius 2 is 1.73 bits per heavy atom. The van der Waals surface area contributed by atoms with Crippen LogP contribution in [0.3, 0.4) is 0 Å². The summed E-state index contributed by atoms with van der Waals surface area (Å²) < 4.78 is 5.60. The molecule has 1 aromatic heterocycles. The number of ketones is 1. The van der Waals surface area contributed by atoms with Crippen molar-refractivity contribution in [3.63, 3.8) is 0 Å². The summed E-state index contributed by atoms with van der Waals surface area (Å²) in [5.41, 5.74) is 2.33. The molecule has 3 aromatic carbocycles. The molecule has 0 aliphatic carbocycles. The minimum atomic E-state index is -0.329. The molecule has 1 amide bonds. The van der Waals surface area contributed by atoms with Crippen LogP contribution in [0.5, 0.6) is 0 Å². The van der Waals surface area contributed by atoms with Crippen molar-refractivity contribution in [1.29, 1.82) is 0 Å². The van der Waals surface area contributed by atoms with Crippen LogP contribution in [-0.4, -0.2) is 22.4 Å². The summed E-state index contributed by atoms with van der Waals surface area (Å²) >= 11 is 13.4. The highest BCUT2D eigenvalue weighted by Crippen LogP contribution is 2.27. The summed E-state index contributed by atoms with van der Waals surface area (Å²) in [5, 5.41) is 3.86. The van der Waals surface area contributed by atoms with Crippen LogP contribution in [0.15, 0.2) is 76.4 Å². The van der Waals surface area contributed by atoms with Gasteiger partial charge >= 0.3 is 0 Å². The Labute approximate surface area is 186 Å². The fraction of sp³-hybridized carbons (Fsp3) is 0.0455. The van der Waals surface area contributed by atoms with Gasteiger partial charge in [0.1, 0.15) is 5.52 Å². The number of thioether (sulfide) groups is 1. The van der Waals surface area contributed by atoms with Gasteiger partial charge in [0.25, 0.3) is 5.22 Å². The Morgan fingerprint density at radius 3 is 2.53 bits per heavy atom. The average Bonchev–Trinajstić information content (AvgIpc) is 3.16. The summed E-state index contributed by atoms with van der Waals surface area (Å²) in [6, 6.07) is 18.8. The molecule has 150 valence electrons. The fourth-order valence-electron chi connectivity index (χ4n) is 2.83. The lowest BCUT2D eigenvalue weighted by Gasteiger charge is -2.11. The molecule has 5 nitrogen and oxygen atoms in total. The summed E-state index contributed by atoms with van der Waals surface area (Å²) in [6.07, 6.45) is 0. The van der Waals surface area contributed by atoms with Crippen LogP contribution in [0.25, 0.3) is 11.1 Å². The zero-order valence-electron chi connectivity index (χ0n) is 15.4. The Balaban J connectivity index is 1.50. The van der Waals surface area contributed by atoms with Crippen LogP contribution in [-0.2, 0) is 4.79 Å². The number of carbonyl (C=O) groups excluding carboxylic acids is 2. The fourth-order valence-corrected chi connectivity index (χ4v) is 3.86. The summed E-state index contributed by atoms with van der Waals surface area (Å²) in [4.78, 5) is 29.8. The maximum Gasteiger partial charge on any atom is 0.257 e. The molecular weight excluding hydrogens is 443 g/mol. The van der Waals surface area contributed by atoms with E-state index in [0.29, 0.717) is 32.1 Å². The van der Waals surface area contributed by atoms with Gasteiger partial charge < -0.3 is 9.73 Å². The zero-order chi connectivity index (χ0) is 21.1. The number of anilines is 1. The number of oxazole rings is 1. The predicted molar refractivity (Wildman–Crippen MR) is 120 cm³/mol. The van der Waals surface area contributed by atoms with E-state index in [1.807, 2.05) is 24.3 Å². The molecule has 30 heavy (non-hydrogen) atoms. The van der Waals surface area contributed by atoms with Gasteiger partial charge in [-0.2, -0.15) is 0 Å². The third kappa shape index (κ3) is 4.51. The van der Waals surface area contributed by atoms with Crippen molar-refractivity contribution in [2.75, 3.05) is 11.1 Å². The molecule has 0 saturated heterocycles. The number of halogens is 2. The average molecular weight is 457 g/mol. The lowest BCUT2D eigenvalue weighted by Crippen LogP contribution is -2.17. The van der Waals surface area contributed by atoms with Gasteiger partial charge in [0.05, 0.1) is 16.5 Å². The highest BCUT2D eigenvalue weighted by molar-refractivity contribution is 7.99. The van der Waals surface area contributed by atoms with Crippen LogP contribution < -0.4 is 5.32 Å². The summed E-state index contributed by atoms with van der Waals surface area (Å²) in [6.45, 7) is 0. The first-order valence-corrected chi connectivity index (χ1v) is 10.6. The van der Waals surface area contributed by atoms with E-state index in [9.17, 15) is 9.59 Å². The number of aromatic nitrogens is 1. The third-order valence-electron chi connectivity index (χ3n) is 4.22. The molecule has 0 saturated carbocycles. The molecule has 0 aliphatic rings. The normalized spacial score (nSPS) is 10.9. The quantitative estimate of drug-likeness (QED) is 0.280. The first-order valence-electron chi connectivity index (χ1n) is 8.88. The first kappa shape index (κ1) is 20.5. The van der Waals surface area contributed by atoms with Crippen molar-refractivity contribution in [2.45, 2.75) is 5.22 Å². The Bertz CT molecular complexity index is 1220. The van der Waals surface area contributed by atoms with Crippen molar-refractivity contribution in [1.82, 2.24) is 4.98 Å². The van der Waals surface area contributed by atoms with Gasteiger partial charge in [-0.15, -0.1) is 0 Å². The van der Waals surface area contributed by atoms with Crippen molar-refractivity contribution in [3.8, 4) is 0 Å². The maximum atomic E-state index is 13.0. The predicted octanol–water partition coefficient (Wildman–Crippen LogP) is 6.10. The minimum absolute atomic E-state index is 0.0647. The van der Waals surface area contributed by atoms with Gasteiger partial charge in [-0.3, -0.25) is 9.59 Å². The molecule has 4 aromatic rings. The van der Waals surface area contributed by atoms with Crippen LogP contribution in [0.4, 0.5) is 5.69 Å². The molecule has 0 unspecified atom stereocenters. The number of hydrogen-bond acceptors (Lipinski definition) is 5. The molecule has 0 fully saturated rings. The molecule has 1 heterocycles. The number of para-hydroxylation sites is 2. The smallest absolute Gasteiger partial charge is 0.257 e. The van der Waals surface area contributed by atoms with Crippen LogP contribution in [0.1, 0.15) is 15.9 Å². The van der Waals surface area contributed by atoms with E-state index < -0.39 is 0 Å². The number of nitrogens with one attached hydrogen (secondary N) is 1. The maximum absolute atomic E-state index is 13.0. The van der Waals surface area contributed by atoms with Crippen molar-refractivity contribution >= 4 is 63.4 Å². The number of rotatable bonds is 6. The molecule has 0 spiro atoms. The second kappa shape index (κ2) is 8.92. The van der Waals surface area contributed by atoms with Gasteiger partial charge in [0, 0.05) is 16.1 Å². The SMILES string of the molecule is O=C(CSc1nc2ccccc2o1)Nc1ccc(Cl)cc1C(=O)c1ccccc1Cl. The van der Waals surface area contributed by atoms with Crippen molar-refractivity contribution in [2.24, 2.45) is 0 Å². The number of fused-ring (bicyclic) bond motifs is 1. The molecule has 0 radical (unpaired) electrons. The number of nitrogens with zero attached hydrogens (tertiary/aromatic N) is 1. The second-order valence-corrected chi connectivity index (χ2v) is 8.05. The van der Waals surface area contributed by atoms with Crippen LogP contribution in [0.2, 0.25) is 10.0 Å². The van der Waals surface area contributed by atoms with Gasteiger partial charge in [0.2, 0.25) is 5.91 Å². The monoisotopic (exact) mass is 456 g/mol. The molecule has 0 atom stereocenters. The van der Waals surface area contributed by atoms with E-state index in [1.54, 1.807) is 36.4 Å². The lowest BCUT2D eigenvalue weighted by atomic mass is 10.0. The largest absolute Gasteiger partial charge is 0.431 e. The highest BCUT2D eigenvalue weighted by Gasteiger charge is 2.18. The number of benzene rings is 3. The van der Waals surface area contributed by atoms with E-state index >= 15 is 0 Å². The number of amides is 1. The molecule has 8 heteroatoms. The minimum Gasteiger partial charge on any atom is -0.431 e. The number of carbonyl (C=O) groups is 2. The topological polar surface area (TPSA) is 72.2 Å². The van der Waals surface area contributed by atoms with Gasteiger partial charge in [-0.1, -0.05) is 59.2 Å². The third-order valence-corrected chi connectivity index (χ3v) is 5.61. The standard InChI is InChI=1S/C22H14Cl2N2O3S/c23-13-9-10-17(15(11-13)21(28)14-5-1-2-6-16(14)24)25-20(27)12-30-22-26-18-7-3-4-8-19(18)29-22/h1-11H,12H2,(H,25,27). The van der Waals surface area contributed by atoms with Crippen LogP contribution in [0, 0.1) is 0 Å². The van der Waals surface area contributed by atoms with E-state index in [2.05, 4.69) is 10.3 Å². The Morgan fingerprint density at radius 1 is 0.967 bits per heavy atom. The highest BCUT2D eigenvalue weighted by atomic mass is 35.5. The Kier molecular flexibility index (Phi) is 6.08. The van der Waals surface area contributed by atoms with E-state index in [-0.39, 0.29) is 23.0 Å². The van der Waals surface area contributed by atoms with Gasteiger partial charge in [0.15, 0.2) is 11.4 Å². The molecular formula is C22H14Cl2N2O3S. The summed E-state index contributed by atoms with van der Waals surface area (Å²) in [5.74, 6) is -0.572. The van der Waals surface area contributed by atoms with Gasteiger partial charge in [-0.05, 0) is 42.5 Å². The molecule has 1 N–H and O–H groups in total. The Hall–Kier alpha value is -2.80. The molecule has 4 rings (SSSR count). The summed E-state index contributed by atoms with van der Waals surface area (Å²) in [7, 11) is 0. The van der Waals surface area contributed by atoms with Crippen molar-refractivity contribution < 1.29 is 14.0 Å². The molecule has 0 aliphatic heterocycles. The van der Waals surface area contributed by atoms with Crippen LogP contribution >= 0.6 is 35.0 Å². The molecule has 0 bridgehead atoms. The number of hydrogen-bond donors (Lipinski definition) is 1. The van der Waals surface area contributed by atoms with Crippen molar-refractivity contribution in [3.05, 3.63) is 87.9 Å². The van der Waals surface area contributed by atoms with E-state index in [0.717, 1.165) is 5.52 Å². The van der Waals surface area contributed by atoms with Gasteiger partial charge in [-0.25, -0.2) is 4.98 Å².